The zero-order valence-corrected chi connectivity index (χ0v) is 13.5. The lowest BCUT2D eigenvalue weighted by molar-refractivity contribution is 0.141. The minimum Gasteiger partial charge on any atom is -0.445 e. The largest absolute Gasteiger partial charge is 0.445 e. The Kier molecular flexibility index (Phi) is 5.47. The highest BCUT2D eigenvalue weighted by atomic mass is 16.5. The molecule has 0 fully saturated rings. The van der Waals surface area contributed by atoms with Gasteiger partial charge in [-0.2, -0.15) is 5.10 Å². The quantitative estimate of drug-likeness (QED) is 0.721. The van der Waals surface area contributed by atoms with Gasteiger partial charge in [0.15, 0.2) is 0 Å². The van der Waals surface area contributed by atoms with E-state index in [1.165, 1.54) is 0 Å². The molecule has 0 saturated heterocycles. The number of alkyl carbamates (subject to hydrolysis) is 1. The number of hydrogen-bond acceptors (Lipinski definition) is 3. The van der Waals surface area contributed by atoms with Gasteiger partial charge in [0.25, 0.3) is 0 Å². The summed E-state index contributed by atoms with van der Waals surface area (Å²) >= 11 is 0. The molecule has 0 aliphatic carbocycles. The monoisotopic (exact) mass is 331 g/mol. The topological polar surface area (TPSA) is 67.0 Å². The third kappa shape index (κ3) is 4.98. The molecule has 2 N–H and O–H groups in total. The Balaban J connectivity index is 1.44. The van der Waals surface area contributed by atoms with E-state index in [4.69, 9.17) is 4.74 Å². The molecule has 1 heterocycles. The summed E-state index contributed by atoms with van der Waals surface area (Å²) in [5.74, 6) is 5.90. The lowest BCUT2D eigenvalue weighted by atomic mass is 10.1. The lowest BCUT2D eigenvalue weighted by Crippen LogP contribution is -2.24. The van der Waals surface area contributed by atoms with E-state index in [1.54, 1.807) is 6.20 Å². The molecule has 1 aromatic heterocycles. The average molecular weight is 331 g/mol. The van der Waals surface area contributed by atoms with Crippen LogP contribution in [0.4, 0.5) is 4.79 Å². The number of rotatable bonds is 4. The summed E-state index contributed by atoms with van der Waals surface area (Å²) in [6.07, 6.45) is 1.23. The molecule has 0 aliphatic rings. The Morgan fingerprint density at radius 2 is 1.88 bits per heavy atom. The van der Waals surface area contributed by atoms with Gasteiger partial charge in [0.1, 0.15) is 6.61 Å². The van der Waals surface area contributed by atoms with Crippen LogP contribution in [0.25, 0.3) is 11.3 Å². The summed E-state index contributed by atoms with van der Waals surface area (Å²) in [5, 5.41) is 9.45. The maximum atomic E-state index is 11.6. The molecule has 5 nitrogen and oxygen atoms in total. The third-order valence-corrected chi connectivity index (χ3v) is 3.46. The molecule has 0 bridgehead atoms. The Hall–Kier alpha value is -3.52. The van der Waals surface area contributed by atoms with Crippen molar-refractivity contribution < 1.29 is 9.53 Å². The molecule has 0 saturated carbocycles. The van der Waals surface area contributed by atoms with Crippen molar-refractivity contribution in [1.29, 1.82) is 0 Å². The van der Waals surface area contributed by atoms with Gasteiger partial charge < -0.3 is 10.1 Å². The first kappa shape index (κ1) is 16.3. The number of hydrogen-bond donors (Lipinski definition) is 2. The molecular weight excluding hydrogens is 314 g/mol. The Bertz CT molecular complexity index is 861. The van der Waals surface area contributed by atoms with Crippen molar-refractivity contribution in [2.24, 2.45) is 0 Å². The smallest absolute Gasteiger partial charge is 0.408 e. The van der Waals surface area contributed by atoms with Crippen molar-refractivity contribution in [1.82, 2.24) is 15.5 Å². The summed E-state index contributed by atoms with van der Waals surface area (Å²) in [5.41, 5.74) is 3.83. The molecule has 2 aromatic carbocycles. The van der Waals surface area contributed by atoms with Crippen molar-refractivity contribution in [3.05, 3.63) is 78.0 Å². The van der Waals surface area contributed by atoms with Crippen molar-refractivity contribution in [2.45, 2.75) is 6.61 Å². The second-order valence-corrected chi connectivity index (χ2v) is 5.26. The van der Waals surface area contributed by atoms with E-state index in [0.29, 0.717) is 0 Å². The van der Waals surface area contributed by atoms with Crippen LogP contribution in [-0.4, -0.2) is 22.8 Å². The molecule has 3 rings (SSSR count). The highest BCUT2D eigenvalue weighted by Crippen LogP contribution is 2.16. The Labute approximate surface area is 146 Å². The number of carbonyl (C=O) groups excluding carboxylic acids is 1. The van der Waals surface area contributed by atoms with Crippen molar-refractivity contribution in [3.63, 3.8) is 0 Å². The highest BCUT2D eigenvalue weighted by molar-refractivity contribution is 5.67. The van der Waals surface area contributed by atoms with Gasteiger partial charge in [-0.1, -0.05) is 54.3 Å². The zero-order chi connectivity index (χ0) is 17.3. The van der Waals surface area contributed by atoms with Crippen molar-refractivity contribution in [2.75, 3.05) is 6.54 Å². The van der Waals surface area contributed by atoms with Crippen LogP contribution < -0.4 is 5.32 Å². The fourth-order valence-electron chi connectivity index (χ4n) is 2.19. The minimum atomic E-state index is -0.479. The Morgan fingerprint density at radius 1 is 1.08 bits per heavy atom. The number of nitrogens with zero attached hydrogens (tertiary/aromatic N) is 1. The van der Waals surface area contributed by atoms with E-state index in [1.807, 2.05) is 60.7 Å². The molecule has 1 amide bonds. The van der Waals surface area contributed by atoms with Gasteiger partial charge in [-0.25, -0.2) is 4.79 Å². The first-order valence-electron chi connectivity index (χ1n) is 7.84. The maximum absolute atomic E-state index is 11.6. The summed E-state index contributed by atoms with van der Waals surface area (Å²) in [7, 11) is 0. The molecule has 3 aromatic rings. The van der Waals surface area contributed by atoms with E-state index in [0.717, 1.165) is 22.4 Å². The number of H-pyrrole nitrogens is 1. The molecule has 0 aliphatic heterocycles. The van der Waals surface area contributed by atoms with Gasteiger partial charge in [-0.3, -0.25) is 5.10 Å². The first-order chi connectivity index (χ1) is 12.3. The number of benzene rings is 2. The second-order valence-electron chi connectivity index (χ2n) is 5.26. The van der Waals surface area contributed by atoms with Crippen LogP contribution in [-0.2, 0) is 11.3 Å². The normalized spacial score (nSPS) is 9.76. The third-order valence-electron chi connectivity index (χ3n) is 3.46. The van der Waals surface area contributed by atoms with Gasteiger partial charge >= 0.3 is 6.09 Å². The summed E-state index contributed by atoms with van der Waals surface area (Å²) < 4.78 is 5.11. The van der Waals surface area contributed by atoms with E-state index in [2.05, 4.69) is 27.4 Å². The van der Waals surface area contributed by atoms with Crippen LogP contribution in [0.2, 0.25) is 0 Å². The van der Waals surface area contributed by atoms with Crippen LogP contribution in [0.3, 0.4) is 0 Å². The second kappa shape index (κ2) is 8.37. The zero-order valence-electron chi connectivity index (χ0n) is 13.5. The van der Waals surface area contributed by atoms with Crippen LogP contribution in [0.5, 0.6) is 0 Å². The molecular formula is C20H17N3O2. The fourth-order valence-corrected chi connectivity index (χ4v) is 2.19. The lowest BCUT2D eigenvalue weighted by Gasteiger charge is -2.04. The number of carbonyl (C=O) groups is 1. The number of amides is 1. The predicted octanol–water partition coefficient (Wildman–Crippen LogP) is 3.35. The number of ether oxygens (including phenoxy) is 1. The fraction of sp³-hybridized carbons (Fsp3) is 0.100. The van der Waals surface area contributed by atoms with E-state index >= 15 is 0 Å². The van der Waals surface area contributed by atoms with Gasteiger partial charge in [-0.05, 0) is 29.3 Å². The van der Waals surface area contributed by atoms with Gasteiger partial charge in [0.2, 0.25) is 0 Å². The molecule has 0 spiro atoms. The molecule has 0 unspecified atom stereocenters. The molecule has 5 heteroatoms. The highest BCUT2D eigenvalue weighted by Gasteiger charge is 2.00. The van der Waals surface area contributed by atoms with Gasteiger partial charge in [-0.15, -0.1) is 0 Å². The van der Waals surface area contributed by atoms with Gasteiger partial charge in [0.05, 0.1) is 12.2 Å². The summed E-state index contributed by atoms with van der Waals surface area (Å²) in [6, 6.07) is 19.2. The molecule has 0 radical (unpaired) electrons. The predicted molar refractivity (Wildman–Crippen MR) is 95.5 cm³/mol. The van der Waals surface area contributed by atoms with Crippen LogP contribution in [0, 0.1) is 11.8 Å². The van der Waals surface area contributed by atoms with E-state index in [9.17, 15) is 4.79 Å². The standard InChI is InChI=1S/C20H17N3O2/c24-20(25-15-17-5-2-1-3-6-17)21-13-4-7-16-8-10-18(11-9-16)19-12-14-22-23-19/h1-3,5-6,8-12,14H,13,15H2,(H,21,24)(H,22,23). The SMILES string of the molecule is O=C(NCC#Cc1ccc(-c2ccn[nH]2)cc1)OCc1ccccc1. The molecule has 0 atom stereocenters. The first-order valence-corrected chi connectivity index (χ1v) is 7.84. The van der Waals surface area contributed by atoms with E-state index in [-0.39, 0.29) is 13.2 Å². The number of nitrogens with one attached hydrogen (secondary N) is 2. The van der Waals surface area contributed by atoms with Crippen molar-refractivity contribution in [3.8, 4) is 23.1 Å². The van der Waals surface area contributed by atoms with Crippen LogP contribution in [0.15, 0.2) is 66.9 Å². The Morgan fingerprint density at radius 3 is 2.60 bits per heavy atom. The van der Waals surface area contributed by atoms with Gasteiger partial charge in [0, 0.05) is 11.8 Å². The number of aromatic amines is 1. The van der Waals surface area contributed by atoms with E-state index < -0.39 is 6.09 Å². The summed E-state index contributed by atoms with van der Waals surface area (Å²) in [4.78, 5) is 11.6. The number of aromatic nitrogens is 2. The molecule has 25 heavy (non-hydrogen) atoms. The maximum Gasteiger partial charge on any atom is 0.408 e. The average Bonchev–Trinajstić information content (AvgIpc) is 3.20. The minimum absolute atomic E-state index is 0.232. The molecule has 124 valence electrons. The van der Waals surface area contributed by atoms with Crippen molar-refractivity contribution >= 4 is 6.09 Å². The summed E-state index contributed by atoms with van der Waals surface area (Å²) in [6.45, 7) is 0.477. The van der Waals surface area contributed by atoms with Crippen LogP contribution >= 0.6 is 0 Å². The van der Waals surface area contributed by atoms with Crippen LogP contribution in [0.1, 0.15) is 11.1 Å².